The molecule has 0 saturated carbocycles. The van der Waals surface area contributed by atoms with Crippen molar-refractivity contribution in [2.45, 2.75) is 19.8 Å². The van der Waals surface area contributed by atoms with Crippen molar-refractivity contribution in [3.05, 3.63) is 76.6 Å². The third-order valence-corrected chi connectivity index (χ3v) is 4.57. The van der Waals surface area contributed by atoms with E-state index in [9.17, 15) is 0 Å². The normalized spacial score (nSPS) is 10.5. The molecule has 0 aliphatic carbocycles. The Bertz CT molecular complexity index is 917. The molecule has 0 saturated heterocycles. The summed E-state index contributed by atoms with van der Waals surface area (Å²) in [5.41, 5.74) is 2.36. The smallest absolute Gasteiger partial charge is 0.131 e. The van der Waals surface area contributed by atoms with Crippen LogP contribution in [0.2, 0.25) is 5.02 Å². The lowest BCUT2D eigenvalue weighted by molar-refractivity contribution is 0.410. The van der Waals surface area contributed by atoms with E-state index in [4.69, 9.17) is 16.3 Å². The maximum atomic E-state index is 6.04. The van der Waals surface area contributed by atoms with E-state index < -0.39 is 0 Å². The van der Waals surface area contributed by atoms with Crippen molar-refractivity contribution in [1.29, 1.82) is 0 Å². The van der Waals surface area contributed by atoms with Crippen molar-refractivity contribution in [2.24, 2.45) is 0 Å². The quantitative estimate of drug-likeness (QED) is 0.546. The number of methoxy groups -OCH3 is 1. The molecule has 0 aliphatic heterocycles. The fourth-order valence-corrected chi connectivity index (χ4v) is 3.22. The lowest BCUT2D eigenvalue weighted by Crippen LogP contribution is -2.11. The van der Waals surface area contributed by atoms with Gasteiger partial charge in [-0.25, -0.2) is 9.97 Å². The number of nitrogens with zero attached hydrogens (tertiary/aromatic N) is 2. The highest BCUT2D eigenvalue weighted by atomic mass is 35.5. The van der Waals surface area contributed by atoms with E-state index in [1.54, 1.807) is 7.11 Å². The molecule has 3 rings (SSSR count). The molecule has 1 heterocycles. The average Bonchev–Trinajstić information content (AvgIpc) is 2.68. The number of para-hydroxylation sites is 1. The Balaban J connectivity index is 1.54. The molecule has 6 heteroatoms. The summed E-state index contributed by atoms with van der Waals surface area (Å²) < 4.78 is 5.40. The standard InChI is InChI=1S/C22H25ClN4O/c1-16-26-21(24-12-10-17-6-5-8-19(23)14-17)15-22(27-16)25-13-11-18-7-3-4-9-20(18)28-2/h3-9,14-15H,10-13H2,1-2H3,(H2,24,25,26,27). The Hall–Kier alpha value is -2.79. The minimum atomic E-state index is 0.729. The van der Waals surface area contributed by atoms with Gasteiger partial charge in [-0.15, -0.1) is 0 Å². The van der Waals surface area contributed by atoms with Gasteiger partial charge in [-0.3, -0.25) is 0 Å². The molecule has 0 radical (unpaired) electrons. The number of benzene rings is 2. The monoisotopic (exact) mass is 396 g/mol. The molecule has 28 heavy (non-hydrogen) atoms. The number of hydrogen-bond acceptors (Lipinski definition) is 5. The molecule has 0 atom stereocenters. The SMILES string of the molecule is COc1ccccc1CCNc1cc(NCCc2cccc(Cl)c2)nc(C)n1. The van der Waals surface area contributed by atoms with Crippen LogP contribution in [0.5, 0.6) is 5.75 Å². The predicted molar refractivity (Wildman–Crippen MR) is 116 cm³/mol. The van der Waals surface area contributed by atoms with Crippen molar-refractivity contribution in [3.8, 4) is 5.75 Å². The maximum absolute atomic E-state index is 6.04. The summed E-state index contributed by atoms with van der Waals surface area (Å²) in [7, 11) is 1.70. The number of rotatable bonds is 9. The summed E-state index contributed by atoms with van der Waals surface area (Å²) >= 11 is 6.04. The zero-order chi connectivity index (χ0) is 19.8. The van der Waals surface area contributed by atoms with Gasteiger partial charge in [-0.05, 0) is 49.1 Å². The van der Waals surface area contributed by atoms with Gasteiger partial charge in [0, 0.05) is 24.2 Å². The predicted octanol–water partition coefficient (Wildman–Crippen LogP) is 4.76. The number of ether oxygens (including phenoxy) is 1. The second-order valence-corrected chi connectivity index (χ2v) is 6.92. The van der Waals surface area contributed by atoms with Gasteiger partial charge in [-0.2, -0.15) is 0 Å². The third-order valence-electron chi connectivity index (χ3n) is 4.34. The zero-order valence-electron chi connectivity index (χ0n) is 16.2. The lowest BCUT2D eigenvalue weighted by atomic mass is 10.1. The summed E-state index contributed by atoms with van der Waals surface area (Å²) in [6, 6.07) is 17.9. The average molecular weight is 397 g/mol. The number of halogens is 1. The minimum Gasteiger partial charge on any atom is -0.496 e. The van der Waals surface area contributed by atoms with Gasteiger partial charge >= 0.3 is 0 Å². The summed E-state index contributed by atoms with van der Waals surface area (Å²) in [5.74, 6) is 3.26. The van der Waals surface area contributed by atoms with Crippen LogP contribution >= 0.6 is 11.6 Å². The molecule has 0 fully saturated rings. The Morgan fingerprint density at radius 1 is 0.893 bits per heavy atom. The first-order chi connectivity index (χ1) is 13.6. The Morgan fingerprint density at radius 3 is 2.32 bits per heavy atom. The van der Waals surface area contributed by atoms with Crippen LogP contribution in [0, 0.1) is 6.92 Å². The van der Waals surface area contributed by atoms with Crippen molar-refractivity contribution < 1.29 is 4.74 Å². The highest BCUT2D eigenvalue weighted by Gasteiger charge is 2.04. The zero-order valence-corrected chi connectivity index (χ0v) is 17.0. The van der Waals surface area contributed by atoms with E-state index in [-0.39, 0.29) is 0 Å². The van der Waals surface area contributed by atoms with Crippen molar-refractivity contribution in [3.63, 3.8) is 0 Å². The number of nitrogens with one attached hydrogen (secondary N) is 2. The van der Waals surface area contributed by atoms with Crippen LogP contribution in [0.3, 0.4) is 0 Å². The summed E-state index contributed by atoms with van der Waals surface area (Å²) in [4.78, 5) is 8.94. The van der Waals surface area contributed by atoms with E-state index in [1.807, 2.05) is 49.4 Å². The molecule has 2 N–H and O–H groups in total. The van der Waals surface area contributed by atoms with Gasteiger partial charge in [-0.1, -0.05) is 41.9 Å². The highest BCUT2D eigenvalue weighted by Crippen LogP contribution is 2.18. The number of aromatic nitrogens is 2. The van der Waals surface area contributed by atoms with Crippen molar-refractivity contribution in [2.75, 3.05) is 30.8 Å². The van der Waals surface area contributed by atoms with Gasteiger partial charge in [0.1, 0.15) is 23.2 Å². The number of aryl methyl sites for hydroxylation is 1. The van der Waals surface area contributed by atoms with E-state index in [0.717, 1.165) is 54.2 Å². The maximum Gasteiger partial charge on any atom is 0.131 e. The molecule has 0 spiro atoms. The van der Waals surface area contributed by atoms with Crippen LogP contribution < -0.4 is 15.4 Å². The molecule has 1 aromatic heterocycles. The number of anilines is 2. The van der Waals surface area contributed by atoms with Crippen LogP contribution in [0.1, 0.15) is 17.0 Å². The third kappa shape index (κ3) is 5.86. The fourth-order valence-electron chi connectivity index (χ4n) is 3.01. The Morgan fingerprint density at radius 2 is 1.61 bits per heavy atom. The second-order valence-electron chi connectivity index (χ2n) is 6.48. The second kappa shape index (κ2) is 9.95. The van der Waals surface area contributed by atoms with E-state index in [2.05, 4.69) is 32.7 Å². The molecule has 0 aliphatic rings. The highest BCUT2D eigenvalue weighted by molar-refractivity contribution is 6.30. The largest absolute Gasteiger partial charge is 0.496 e. The molecular weight excluding hydrogens is 372 g/mol. The van der Waals surface area contributed by atoms with Crippen molar-refractivity contribution in [1.82, 2.24) is 9.97 Å². The Kier molecular flexibility index (Phi) is 7.09. The molecule has 0 amide bonds. The van der Waals surface area contributed by atoms with Crippen LogP contribution in [0.15, 0.2) is 54.6 Å². The van der Waals surface area contributed by atoms with Gasteiger partial charge < -0.3 is 15.4 Å². The molecule has 3 aromatic rings. The van der Waals surface area contributed by atoms with Gasteiger partial charge in [0.05, 0.1) is 7.11 Å². The van der Waals surface area contributed by atoms with Crippen LogP contribution in [-0.4, -0.2) is 30.2 Å². The van der Waals surface area contributed by atoms with E-state index >= 15 is 0 Å². The minimum absolute atomic E-state index is 0.729. The van der Waals surface area contributed by atoms with E-state index in [0.29, 0.717) is 0 Å². The van der Waals surface area contributed by atoms with Gasteiger partial charge in [0.25, 0.3) is 0 Å². The first-order valence-electron chi connectivity index (χ1n) is 9.34. The summed E-state index contributed by atoms with van der Waals surface area (Å²) in [5, 5.41) is 7.50. The van der Waals surface area contributed by atoms with Crippen molar-refractivity contribution >= 4 is 23.2 Å². The molecule has 146 valence electrons. The van der Waals surface area contributed by atoms with Gasteiger partial charge in [0.2, 0.25) is 0 Å². The molecule has 2 aromatic carbocycles. The first-order valence-corrected chi connectivity index (χ1v) is 9.71. The van der Waals surface area contributed by atoms with Crippen LogP contribution in [0.25, 0.3) is 0 Å². The number of hydrogen-bond donors (Lipinski definition) is 2. The van der Waals surface area contributed by atoms with Gasteiger partial charge in [0.15, 0.2) is 0 Å². The molecule has 0 bridgehead atoms. The topological polar surface area (TPSA) is 59.1 Å². The Labute approximate surface area is 171 Å². The fraction of sp³-hybridized carbons (Fsp3) is 0.273. The van der Waals surface area contributed by atoms with Crippen LogP contribution in [-0.2, 0) is 12.8 Å². The summed E-state index contributed by atoms with van der Waals surface area (Å²) in [6.45, 7) is 3.43. The summed E-state index contributed by atoms with van der Waals surface area (Å²) in [6.07, 6.45) is 1.73. The lowest BCUT2D eigenvalue weighted by Gasteiger charge is -2.11. The first kappa shape index (κ1) is 20.0. The van der Waals surface area contributed by atoms with Crippen LogP contribution in [0.4, 0.5) is 11.6 Å². The molecule has 5 nitrogen and oxygen atoms in total. The van der Waals surface area contributed by atoms with E-state index in [1.165, 1.54) is 11.1 Å². The molecule has 0 unspecified atom stereocenters. The molecular formula is C22H25ClN4O.